The highest BCUT2D eigenvalue weighted by molar-refractivity contribution is 5.75. The molecule has 0 aliphatic carbocycles. The highest BCUT2D eigenvalue weighted by atomic mass is 16.1. The molecule has 0 aromatic heterocycles. The van der Waals surface area contributed by atoms with Gasteiger partial charge in [-0.25, -0.2) is 0 Å². The molecule has 3 nitrogen and oxygen atoms in total. The van der Waals surface area contributed by atoms with Crippen LogP contribution in [0.1, 0.15) is 44.7 Å². The summed E-state index contributed by atoms with van der Waals surface area (Å²) in [6.07, 6.45) is 2.67. The van der Waals surface area contributed by atoms with Crippen molar-refractivity contribution in [3.8, 4) is 0 Å². The molecule has 0 atom stereocenters. The Bertz CT molecular complexity index is 384. The molecule has 0 fully saturated rings. The monoisotopic (exact) mass is 276 g/mol. The molecule has 0 heterocycles. The van der Waals surface area contributed by atoms with Crippen molar-refractivity contribution in [1.29, 1.82) is 0 Å². The van der Waals surface area contributed by atoms with Crippen molar-refractivity contribution in [2.24, 2.45) is 5.92 Å². The fraction of sp³-hybridized carbons (Fsp3) is 0.588. The van der Waals surface area contributed by atoms with E-state index in [1.165, 1.54) is 11.1 Å². The lowest BCUT2D eigenvalue weighted by Crippen LogP contribution is -2.28. The average Bonchev–Trinajstić information content (AvgIpc) is 2.42. The summed E-state index contributed by atoms with van der Waals surface area (Å²) in [5, 5.41) is 6.19. The second kappa shape index (κ2) is 9.54. The highest BCUT2D eigenvalue weighted by Gasteiger charge is 2.00. The van der Waals surface area contributed by atoms with Gasteiger partial charge >= 0.3 is 0 Å². The van der Waals surface area contributed by atoms with E-state index in [9.17, 15) is 4.79 Å². The fourth-order valence-corrected chi connectivity index (χ4v) is 2.05. The molecule has 0 saturated heterocycles. The van der Waals surface area contributed by atoms with E-state index in [2.05, 4.69) is 55.7 Å². The average molecular weight is 276 g/mol. The van der Waals surface area contributed by atoms with Gasteiger partial charge in [-0.05, 0) is 29.9 Å². The molecule has 2 N–H and O–H groups in total. The van der Waals surface area contributed by atoms with Gasteiger partial charge in [0.2, 0.25) is 5.91 Å². The summed E-state index contributed by atoms with van der Waals surface area (Å²) in [6.45, 7) is 8.85. The molecule has 1 aromatic carbocycles. The summed E-state index contributed by atoms with van der Waals surface area (Å²) in [4.78, 5) is 11.4. The fourth-order valence-electron chi connectivity index (χ4n) is 2.05. The highest BCUT2D eigenvalue weighted by Crippen LogP contribution is 2.09. The van der Waals surface area contributed by atoms with Crippen LogP contribution in [0.15, 0.2) is 24.3 Å². The van der Waals surface area contributed by atoms with E-state index in [1.54, 1.807) is 0 Å². The molecule has 1 aromatic rings. The van der Waals surface area contributed by atoms with E-state index in [1.807, 2.05) is 0 Å². The van der Waals surface area contributed by atoms with Crippen LogP contribution in [-0.4, -0.2) is 19.0 Å². The summed E-state index contributed by atoms with van der Waals surface area (Å²) in [5.41, 5.74) is 2.66. The van der Waals surface area contributed by atoms with Gasteiger partial charge in [-0.2, -0.15) is 0 Å². The first-order chi connectivity index (χ1) is 9.61. The van der Waals surface area contributed by atoms with E-state index in [0.717, 1.165) is 32.5 Å². The minimum absolute atomic E-state index is 0.131. The van der Waals surface area contributed by atoms with Crippen LogP contribution in [0.2, 0.25) is 0 Å². The first-order valence-corrected chi connectivity index (χ1v) is 7.67. The zero-order valence-corrected chi connectivity index (χ0v) is 13.0. The lowest BCUT2D eigenvalue weighted by atomic mass is 10.0. The molecule has 112 valence electrons. The predicted molar refractivity (Wildman–Crippen MR) is 84.6 cm³/mol. The molecule has 0 radical (unpaired) electrons. The number of hydrogen-bond acceptors (Lipinski definition) is 2. The smallest absolute Gasteiger partial charge is 0.221 e. The zero-order chi connectivity index (χ0) is 14.8. The van der Waals surface area contributed by atoms with Crippen LogP contribution in [0.5, 0.6) is 0 Å². The van der Waals surface area contributed by atoms with E-state index in [0.29, 0.717) is 12.3 Å². The summed E-state index contributed by atoms with van der Waals surface area (Å²) >= 11 is 0. The van der Waals surface area contributed by atoms with Crippen LogP contribution < -0.4 is 10.6 Å². The third kappa shape index (κ3) is 7.29. The van der Waals surface area contributed by atoms with Crippen molar-refractivity contribution >= 4 is 5.91 Å². The quantitative estimate of drug-likeness (QED) is 0.681. The van der Waals surface area contributed by atoms with Gasteiger partial charge in [-0.15, -0.1) is 0 Å². The third-order valence-corrected chi connectivity index (χ3v) is 3.10. The molecular weight excluding hydrogens is 248 g/mol. The molecule has 0 unspecified atom stereocenters. The third-order valence-electron chi connectivity index (χ3n) is 3.10. The molecule has 3 heteroatoms. The van der Waals surface area contributed by atoms with Crippen molar-refractivity contribution in [1.82, 2.24) is 10.6 Å². The minimum Gasteiger partial charge on any atom is -0.356 e. The molecule has 0 saturated carbocycles. The lowest BCUT2D eigenvalue weighted by molar-refractivity contribution is -0.120. The Morgan fingerprint density at radius 2 is 1.75 bits per heavy atom. The summed E-state index contributed by atoms with van der Waals surface area (Å²) in [7, 11) is 0. The summed E-state index contributed by atoms with van der Waals surface area (Å²) in [5.74, 6) is 0.826. The van der Waals surface area contributed by atoms with Crippen LogP contribution in [0.4, 0.5) is 0 Å². The molecule has 20 heavy (non-hydrogen) atoms. The Balaban J connectivity index is 2.20. The van der Waals surface area contributed by atoms with Gasteiger partial charge in [0, 0.05) is 26.1 Å². The SMILES string of the molecule is CCCNC(=O)CCNCc1ccc(CC(C)C)cc1. The van der Waals surface area contributed by atoms with Crippen LogP contribution >= 0.6 is 0 Å². The van der Waals surface area contributed by atoms with Crippen LogP contribution in [0.3, 0.4) is 0 Å². The summed E-state index contributed by atoms with van der Waals surface area (Å²) < 4.78 is 0. The van der Waals surface area contributed by atoms with Crippen LogP contribution in [0, 0.1) is 5.92 Å². The zero-order valence-electron chi connectivity index (χ0n) is 13.0. The standard InChI is InChI=1S/C17H28N2O/c1-4-10-19-17(20)9-11-18-13-16-7-5-15(6-8-16)12-14(2)3/h5-8,14,18H,4,9-13H2,1-3H3,(H,19,20). The number of hydrogen-bond donors (Lipinski definition) is 2. The van der Waals surface area contributed by atoms with Gasteiger partial charge in [0.1, 0.15) is 0 Å². The maximum atomic E-state index is 11.4. The van der Waals surface area contributed by atoms with Crippen molar-refractivity contribution < 1.29 is 4.79 Å². The maximum Gasteiger partial charge on any atom is 0.221 e. The molecule has 0 aliphatic heterocycles. The molecule has 1 rings (SSSR count). The van der Waals surface area contributed by atoms with Gasteiger partial charge in [0.25, 0.3) is 0 Å². The van der Waals surface area contributed by atoms with Crippen molar-refractivity contribution in [2.75, 3.05) is 13.1 Å². The minimum atomic E-state index is 0.131. The topological polar surface area (TPSA) is 41.1 Å². The Morgan fingerprint density at radius 3 is 2.35 bits per heavy atom. The molecule has 0 spiro atoms. The van der Waals surface area contributed by atoms with Gasteiger partial charge in [0.15, 0.2) is 0 Å². The number of benzene rings is 1. The van der Waals surface area contributed by atoms with Crippen LogP contribution in [0.25, 0.3) is 0 Å². The Kier molecular flexibility index (Phi) is 7.97. The summed E-state index contributed by atoms with van der Waals surface area (Å²) in [6, 6.07) is 8.74. The van der Waals surface area contributed by atoms with Crippen molar-refractivity contribution in [2.45, 2.75) is 46.6 Å². The second-order valence-corrected chi connectivity index (χ2v) is 5.69. The second-order valence-electron chi connectivity index (χ2n) is 5.69. The van der Waals surface area contributed by atoms with Crippen molar-refractivity contribution in [3.05, 3.63) is 35.4 Å². The number of carbonyl (C=O) groups is 1. The van der Waals surface area contributed by atoms with Gasteiger partial charge in [-0.1, -0.05) is 45.0 Å². The van der Waals surface area contributed by atoms with Gasteiger partial charge in [-0.3, -0.25) is 4.79 Å². The molecular formula is C17H28N2O. The van der Waals surface area contributed by atoms with Gasteiger partial charge < -0.3 is 10.6 Å². The van der Waals surface area contributed by atoms with E-state index in [4.69, 9.17) is 0 Å². The van der Waals surface area contributed by atoms with Crippen molar-refractivity contribution in [3.63, 3.8) is 0 Å². The van der Waals surface area contributed by atoms with E-state index >= 15 is 0 Å². The van der Waals surface area contributed by atoms with Gasteiger partial charge in [0.05, 0.1) is 0 Å². The molecule has 0 aliphatic rings. The Hall–Kier alpha value is -1.35. The number of amides is 1. The Morgan fingerprint density at radius 1 is 1.10 bits per heavy atom. The van der Waals surface area contributed by atoms with E-state index < -0.39 is 0 Å². The maximum absolute atomic E-state index is 11.4. The lowest BCUT2D eigenvalue weighted by Gasteiger charge is -2.08. The molecule has 1 amide bonds. The normalized spacial score (nSPS) is 10.8. The van der Waals surface area contributed by atoms with Crippen LogP contribution in [-0.2, 0) is 17.8 Å². The number of rotatable bonds is 9. The number of carbonyl (C=O) groups excluding carboxylic acids is 1. The Labute approximate surface area is 123 Å². The largest absolute Gasteiger partial charge is 0.356 e. The first kappa shape index (κ1) is 16.7. The van der Waals surface area contributed by atoms with E-state index in [-0.39, 0.29) is 5.91 Å². The number of nitrogens with one attached hydrogen (secondary N) is 2. The predicted octanol–water partition coefficient (Wildman–Crippen LogP) is 2.89. The molecule has 0 bridgehead atoms. The first-order valence-electron chi connectivity index (χ1n) is 7.67.